The van der Waals surface area contributed by atoms with Crippen molar-refractivity contribution >= 4 is 19.7 Å². The smallest absolute Gasteiger partial charge is 0.456 e. The normalized spacial score (nSPS) is 14.0. The third-order valence-corrected chi connectivity index (χ3v) is 16.4. The number of allylic oxidation sites excluding steroid dienone is 11. The molecule has 0 bridgehead atoms. The van der Waals surface area contributed by atoms with Crippen molar-refractivity contribution in [3.63, 3.8) is 0 Å². The number of carbonyl (C=O) groups is 2. The van der Waals surface area contributed by atoms with Gasteiger partial charge in [0, 0.05) is 12.8 Å². The molecule has 0 fully saturated rings. The van der Waals surface area contributed by atoms with Crippen LogP contribution in [0.5, 0.6) is 0 Å². The number of nitrogens with one attached hydrogen (secondary N) is 1. The van der Waals surface area contributed by atoms with Gasteiger partial charge in [0.1, 0.15) is 19.3 Å². The molecule has 3 unspecified atom stereocenters. The number of carbonyl (C=O) groups excluding carboxylic acids is 2. The molecule has 0 rings (SSSR count). The van der Waals surface area contributed by atoms with E-state index in [-0.39, 0.29) is 31.5 Å². The van der Waals surface area contributed by atoms with Crippen LogP contribution in [0.15, 0.2) is 72.9 Å². The Hall–Kier alpha value is -2.55. The van der Waals surface area contributed by atoms with Crippen molar-refractivity contribution < 1.29 is 37.3 Å². The first-order chi connectivity index (χ1) is 39.9. The lowest BCUT2D eigenvalue weighted by Gasteiger charge is -2.27. The summed E-state index contributed by atoms with van der Waals surface area (Å²) in [6.07, 6.45) is 80.5. The molecule has 0 aliphatic carbocycles. The van der Waals surface area contributed by atoms with Gasteiger partial charge < -0.3 is 19.4 Å². The van der Waals surface area contributed by atoms with Crippen LogP contribution in [-0.2, 0) is 27.9 Å². The van der Waals surface area contributed by atoms with E-state index in [1.54, 1.807) is 0 Å². The van der Waals surface area contributed by atoms with Gasteiger partial charge in [-0.05, 0) is 102 Å². The lowest BCUT2D eigenvalue weighted by Crippen LogP contribution is -2.47. The molecule has 82 heavy (non-hydrogen) atoms. The summed E-state index contributed by atoms with van der Waals surface area (Å²) in [6, 6.07) is -0.854. The molecule has 2 N–H and O–H groups in total. The number of unbranched alkanes of at least 4 members (excludes halogenated alkanes) is 37. The fourth-order valence-electron chi connectivity index (χ4n) is 9.98. The third-order valence-electron chi connectivity index (χ3n) is 15.4. The quantitative estimate of drug-likeness (QED) is 0.0205. The first kappa shape index (κ1) is 79.5. The number of hydrogen-bond acceptors (Lipinski definition) is 6. The highest BCUT2D eigenvalue weighted by molar-refractivity contribution is 7.47. The fourth-order valence-corrected chi connectivity index (χ4v) is 10.7. The van der Waals surface area contributed by atoms with Gasteiger partial charge in [-0.1, -0.05) is 280 Å². The predicted molar refractivity (Wildman–Crippen MR) is 355 cm³/mol. The van der Waals surface area contributed by atoms with Crippen LogP contribution < -0.4 is 5.32 Å². The minimum absolute atomic E-state index is 0.0378. The first-order valence-corrected chi connectivity index (χ1v) is 36.3. The molecular formula is C72H134N2O7P+. The van der Waals surface area contributed by atoms with Crippen LogP contribution in [0.1, 0.15) is 323 Å². The van der Waals surface area contributed by atoms with Crippen molar-refractivity contribution in [2.24, 2.45) is 0 Å². The predicted octanol–water partition coefficient (Wildman–Crippen LogP) is 22.0. The van der Waals surface area contributed by atoms with Crippen molar-refractivity contribution in [1.29, 1.82) is 0 Å². The Labute approximate surface area is 508 Å². The highest BCUT2D eigenvalue weighted by atomic mass is 31.2. The van der Waals surface area contributed by atoms with E-state index in [1.807, 2.05) is 33.3 Å². The molecule has 0 spiro atoms. The highest BCUT2D eigenvalue weighted by Gasteiger charge is 2.30. The van der Waals surface area contributed by atoms with Crippen LogP contribution in [0.3, 0.4) is 0 Å². The number of likely N-dealkylation sites (N-methyl/N-ethyl adjacent to an activating group) is 1. The second-order valence-electron chi connectivity index (χ2n) is 24.7. The second kappa shape index (κ2) is 61.5. The summed E-state index contributed by atoms with van der Waals surface area (Å²) in [5.41, 5.74) is 0. The molecule has 0 saturated heterocycles. The number of quaternary nitrogens is 1. The van der Waals surface area contributed by atoms with Crippen molar-refractivity contribution in [3.8, 4) is 0 Å². The number of amides is 1. The molecule has 0 aliphatic rings. The number of ether oxygens (including phenoxy) is 1. The second-order valence-corrected chi connectivity index (χ2v) is 26.1. The lowest BCUT2D eigenvalue weighted by atomic mass is 10.0. The summed E-state index contributed by atoms with van der Waals surface area (Å²) in [5.74, 6) is -0.506. The summed E-state index contributed by atoms with van der Waals surface area (Å²) < 4.78 is 30.8. The Morgan fingerprint density at radius 1 is 0.427 bits per heavy atom. The van der Waals surface area contributed by atoms with E-state index < -0.39 is 20.0 Å². The van der Waals surface area contributed by atoms with Crippen molar-refractivity contribution in [3.05, 3.63) is 72.9 Å². The summed E-state index contributed by atoms with van der Waals surface area (Å²) in [5, 5.41) is 3.06. The van der Waals surface area contributed by atoms with E-state index in [9.17, 15) is 19.0 Å². The maximum atomic E-state index is 13.6. The average molecular weight is 1170 g/mol. The van der Waals surface area contributed by atoms with Crippen LogP contribution in [-0.4, -0.2) is 74.3 Å². The Bertz CT molecular complexity index is 1630. The summed E-state index contributed by atoms with van der Waals surface area (Å²) >= 11 is 0. The summed E-state index contributed by atoms with van der Waals surface area (Å²) in [7, 11) is 1.49. The SMILES string of the molecule is CCCCC/C=C\C/C=C\C/C=C\C/C=C\CCCCCCCCCCCCCC(=O)OC(/C=C\CCCCCCCCCCCC)C(COP(=O)(O)OCC[N+](C)(C)C)NC(=O)CCCCCCCCC/C=C/CCCCCCCC. The van der Waals surface area contributed by atoms with Crippen LogP contribution in [0, 0.1) is 0 Å². The van der Waals surface area contributed by atoms with Gasteiger partial charge in [0.05, 0.1) is 33.8 Å². The first-order valence-electron chi connectivity index (χ1n) is 34.8. The molecule has 0 aliphatic heterocycles. The monoisotopic (exact) mass is 1170 g/mol. The molecule has 478 valence electrons. The molecule has 0 aromatic heterocycles. The van der Waals surface area contributed by atoms with Crippen LogP contribution in [0.2, 0.25) is 0 Å². The van der Waals surface area contributed by atoms with E-state index in [0.29, 0.717) is 17.4 Å². The van der Waals surface area contributed by atoms with Gasteiger partial charge in [-0.25, -0.2) is 4.57 Å². The lowest BCUT2D eigenvalue weighted by molar-refractivity contribution is -0.870. The maximum Gasteiger partial charge on any atom is 0.472 e. The van der Waals surface area contributed by atoms with Gasteiger partial charge in [-0.2, -0.15) is 0 Å². The Kier molecular flexibility index (Phi) is 59.6. The topological polar surface area (TPSA) is 111 Å². The van der Waals surface area contributed by atoms with Gasteiger partial charge >= 0.3 is 13.8 Å². The number of phosphoric acid groups is 1. The summed E-state index contributed by atoms with van der Waals surface area (Å²) in [4.78, 5) is 37.8. The number of esters is 1. The van der Waals surface area contributed by atoms with Crippen molar-refractivity contribution in [2.75, 3.05) is 40.9 Å². The minimum atomic E-state index is -4.46. The minimum Gasteiger partial charge on any atom is -0.456 e. The van der Waals surface area contributed by atoms with E-state index in [4.69, 9.17) is 13.8 Å². The molecule has 0 heterocycles. The van der Waals surface area contributed by atoms with Gasteiger partial charge in [0.25, 0.3) is 0 Å². The number of nitrogens with zero attached hydrogens (tertiary/aromatic N) is 1. The largest absolute Gasteiger partial charge is 0.472 e. The van der Waals surface area contributed by atoms with E-state index in [2.05, 4.69) is 86.8 Å². The molecule has 0 aromatic rings. The zero-order valence-corrected chi connectivity index (χ0v) is 55.6. The average Bonchev–Trinajstić information content (AvgIpc) is 3.44. The maximum absolute atomic E-state index is 13.6. The Morgan fingerprint density at radius 3 is 1.15 bits per heavy atom. The molecule has 0 radical (unpaired) electrons. The molecule has 3 atom stereocenters. The molecule has 10 heteroatoms. The van der Waals surface area contributed by atoms with Gasteiger partial charge in [0.15, 0.2) is 0 Å². The third kappa shape index (κ3) is 62.0. The van der Waals surface area contributed by atoms with Crippen LogP contribution >= 0.6 is 7.82 Å². The van der Waals surface area contributed by atoms with E-state index >= 15 is 0 Å². The van der Waals surface area contributed by atoms with Crippen molar-refractivity contribution in [1.82, 2.24) is 5.32 Å². The van der Waals surface area contributed by atoms with Gasteiger partial charge in [0.2, 0.25) is 5.91 Å². The molecule has 0 aromatic carbocycles. The molecule has 0 saturated carbocycles. The van der Waals surface area contributed by atoms with Gasteiger partial charge in [-0.3, -0.25) is 18.6 Å². The molecular weight excluding hydrogens is 1040 g/mol. The number of phosphoric ester groups is 1. The number of hydrogen-bond donors (Lipinski definition) is 2. The van der Waals surface area contributed by atoms with Crippen LogP contribution in [0.4, 0.5) is 0 Å². The molecule has 1 amide bonds. The van der Waals surface area contributed by atoms with Crippen molar-refractivity contribution in [2.45, 2.75) is 335 Å². The van der Waals surface area contributed by atoms with Crippen LogP contribution in [0.25, 0.3) is 0 Å². The zero-order valence-electron chi connectivity index (χ0n) is 54.7. The Morgan fingerprint density at radius 2 is 0.744 bits per heavy atom. The fraction of sp³-hybridized carbons (Fsp3) is 0.806. The van der Waals surface area contributed by atoms with Gasteiger partial charge in [-0.15, -0.1) is 0 Å². The summed E-state index contributed by atoms with van der Waals surface area (Å²) in [6.45, 7) is 7.00. The molecule has 9 nitrogen and oxygen atoms in total. The Balaban J connectivity index is 5.07. The zero-order chi connectivity index (χ0) is 60.0. The highest BCUT2D eigenvalue weighted by Crippen LogP contribution is 2.43. The standard InChI is InChI=1S/C72H133N2O7P/c1-7-10-13-16-19-22-25-28-30-32-33-34-35-36-37-38-39-40-41-43-45-47-50-53-56-59-62-65-72(76)81-70(63-60-57-54-51-48-27-24-21-18-15-12-9-3)69(68-80-82(77,78)79-67-66-74(4,5)6)73-71(75)64-61-58-55-52-49-46-44-42-31-29-26-23-20-17-14-11-8-2/h19,22,28-31,33-34,36-37,60,63,69-70H,7-18,20-21,23-27,32,35,38-59,61-62,64-68H2,1-6H3,(H-,73,75,77,78)/p+1/b22-19-,30-28-,31-29+,34-33-,37-36-,63-60-. The number of rotatable bonds is 63. The van der Waals surface area contributed by atoms with E-state index in [0.717, 1.165) is 89.9 Å². The van der Waals surface area contributed by atoms with E-state index in [1.165, 1.54) is 199 Å².